The topological polar surface area (TPSA) is 85.3 Å². The fourth-order valence-electron chi connectivity index (χ4n) is 2.61. The number of ether oxygens (including phenoxy) is 2. The highest BCUT2D eigenvalue weighted by atomic mass is 32.1. The highest BCUT2D eigenvalue weighted by Gasteiger charge is 2.38. The van der Waals surface area contributed by atoms with Crippen LogP contribution in [-0.2, 0) is 14.3 Å². The van der Waals surface area contributed by atoms with Crippen molar-refractivity contribution < 1.29 is 14.3 Å². The van der Waals surface area contributed by atoms with E-state index < -0.39 is 11.9 Å². The maximum absolute atomic E-state index is 12.5. The molecule has 1 aliphatic heterocycles. The molecule has 0 aromatic carbocycles. The number of hydrogen-bond donors (Lipinski definition) is 1. The first-order valence-corrected chi connectivity index (χ1v) is 8.44. The number of thiophene rings is 1. The monoisotopic (exact) mass is 332 g/mol. The van der Waals surface area contributed by atoms with Gasteiger partial charge in [-0.05, 0) is 37.3 Å². The molecule has 0 bridgehead atoms. The van der Waals surface area contributed by atoms with E-state index in [4.69, 9.17) is 15.2 Å². The number of nitriles is 1. The lowest BCUT2D eigenvalue weighted by molar-refractivity contribution is -0.139. The number of nitrogens with two attached hydrogens (primary N) is 1. The molecule has 0 spiro atoms. The molecule has 0 fully saturated rings. The zero-order chi connectivity index (χ0) is 17.0. The Balaban J connectivity index is 2.65. The molecule has 2 heterocycles. The third-order valence-electron chi connectivity index (χ3n) is 3.63. The third-order valence-corrected chi connectivity index (χ3v) is 4.72. The smallest absolute Gasteiger partial charge is 0.338 e. The zero-order valence-corrected chi connectivity index (χ0v) is 14.3. The number of allylic oxidation sites excluding steroid dienone is 2. The normalized spacial score (nSPS) is 17.7. The minimum absolute atomic E-state index is 0.0711. The van der Waals surface area contributed by atoms with Crippen LogP contribution in [0.25, 0.3) is 0 Å². The Morgan fingerprint density at radius 2 is 2.26 bits per heavy atom. The lowest BCUT2D eigenvalue weighted by Gasteiger charge is -2.27. The van der Waals surface area contributed by atoms with Gasteiger partial charge in [0, 0.05) is 11.3 Å². The molecule has 5 nitrogen and oxygen atoms in total. The van der Waals surface area contributed by atoms with E-state index >= 15 is 0 Å². The van der Waals surface area contributed by atoms with E-state index in [0.29, 0.717) is 17.8 Å². The van der Waals surface area contributed by atoms with E-state index in [1.165, 1.54) is 11.3 Å². The van der Waals surface area contributed by atoms with Crippen molar-refractivity contribution in [3.8, 4) is 6.07 Å². The van der Waals surface area contributed by atoms with Crippen LogP contribution in [0.1, 0.15) is 43.0 Å². The molecule has 0 aliphatic carbocycles. The summed E-state index contributed by atoms with van der Waals surface area (Å²) in [5.74, 6) is -0.398. The average Bonchev–Trinajstić information content (AvgIpc) is 2.93. The van der Waals surface area contributed by atoms with Crippen LogP contribution < -0.4 is 5.73 Å². The summed E-state index contributed by atoms with van der Waals surface area (Å²) in [5.41, 5.74) is 7.62. The van der Waals surface area contributed by atoms with Crippen molar-refractivity contribution in [2.24, 2.45) is 5.73 Å². The number of nitrogens with zero attached hydrogens (tertiary/aromatic N) is 1. The summed E-state index contributed by atoms with van der Waals surface area (Å²) in [6.45, 7) is 5.96. The molecular formula is C17H20N2O3S. The Bertz CT molecular complexity index is 710. The summed E-state index contributed by atoms with van der Waals surface area (Å²) in [6.07, 6.45) is 1.36. The summed E-state index contributed by atoms with van der Waals surface area (Å²) in [4.78, 5) is 13.5. The van der Waals surface area contributed by atoms with Crippen LogP contribution in [0.3, 0.4) is 0 Å². The molecule has 2 rings (SSSR count). The summed E-state index contributed by atoms with van der Waals surface area (Å²) in [5, 5.41) is 11.5. The maximum atomic E-state index is 12.5. The van der Waals surface area contributed by atoms with Crippen LogP contribution >= 0.6 is 11.3 Å². The van der Waals surface area contributed by atoms with Gasteiger partial charge in [0.2, 0.25) is 5.88 Å². The van der Waals surface area contributed by atoms with E-state index in [1.54, 1.807) is 6.92 Å². The molecule has 0 radical (unpaired) electrons. The van der Waals surface area contributed by atoms with Crippen molar-refractivity contribution in [2.75, 3.05) is 6.61 Å². The van der Waals surface area contributed by atoms with Gasteiger partial charge >= 0.3 is 5.97 Å². The van der Waals surface area contributed by atoms with Crippen LogP contribution in [0.4, 0.5) is 0 Å². The Kier molecular flexibility index (Phi) is 5.45. The summed E-state index contributed by atoms with van der Waals surface area (Å²) in [7, 11) is 0. The molecule has 122 valence electrons. The van der Waals surface area contributed by atoms with Crippen LogP contribution in [0, 0.1) is 18.3 Å². The second-order valence-electron chi connectivity index (χ2n) is 5.20. The van der Waals surface area contributed by atoms with Gasteiger partial charge in [-0.1, -0.05) is 6.92 Å². The molecule has 6 heteroatoms. The second-order valence-corrected chi connectivity index (χ2v) is 6.15. The highest BCUT2D eigenvalue weighted by molar-refractivity contribution is 7.10. The standard InChI is InChI=1S/C17H20N2O3S/c1-4-6-12-14(17(20)21-5-2)13(11(9-18)16(19)22-12)15-10(3)7-8-23-15/h7-8,13H,4-6,19H2,1-3H3. The van der Waals surface area contributed by atoms with Crippen LogP contribution in [0.5, 0.6) is 0 Å². The predicted octanol–water partition coefficient (Wildman–Crippen LogP) is 3.48. The van der Waals surface area contributed by atoms with Gasteiger partial charge in [-0.25, -0.2) is 4.79 Å². The lowest BCUT2D eigenvalue weighted by atomic mass is 9.85. The molecule has 1 aromatic heterocycles. The highest BCUT2D eigenvalue weighted by Crippen LogP contribution is 2.43. The van der Waals surface area contributed by atoms with E-state index in [9.17, 15) is 10.1 Å². The van der Waals surface area contributed by atoms with Gasteiger partial charge in [-0.15, -0.1) is 11.3 Å². The molecule has 23 heavy (non-hydrogen) atoms. The van der Waals surface area contributed by atoms with Gasteiger partial charge < -0.3 is 15.2 Å². The summed E-state index contributed by atoms with van der Waals surface area (Å²) < 4.78 is 10.8. The first-order valence-electron chi connectivity index (χ1n) is 7.56. The fraction of sp³-hybridized carbons (Fsp3) is 0.412. The van der Waals surface area contributed by atoms with Crippen LogP contribution in [0.2, 0.25) is 0 Å². The minimum atomic E-state index is -0.519. The molecule has 0 saturated carbocycles. The van der Waals surface area contributed by atoms with Crippen LogP contribution in [0.15, 0.2) is 34.2 Å². The third kappa shape index (κ3) is 3.25. The number of aryl methyl sites for hydroxylation is 1. The lowest BCUT2D eigenvalue weighted by Crippen LogP contribution is -2.26. The van der Waals surface area contributed by atoms with Gasteiger partial charge in [0.1, 0.15) is 17.4 Å². The number of carbonyl (C=O) groups excluding carboxylic acids is 1. The zero-order valence-electron chi connectivity index (χ0n) is 13.5. The predicted molar refractivity (Wildman–Crippen MR) is 88.3 cm³/mol. The fourth-order valence-corrected chi connectivity index (χ4v) is 3.65. The van der Waals surface area contributed by atoms with Crippen molar-refractivity contribution in [3.63, 3.8) is 0 Å². The van der Waals surface area contributed by atoms with E-state index in [-0.39, 0.29) is 18.1 Å². The average molecular weight is 332 g/mol. The van der Waals surface area contributed by atoms with Gasteiger partial charge in [0.15, 0.2) is 0 Å². The van der Waals surface area contributed by atoms with Crippen molar-refractivity contribution in [3.05, 3.63) is 44.7 Å². The second kappa shape index (κ2) is 7.34. The first-order chi connectivity index (χ1) is 11.0. The largest absolute Gasteiger partial charge is 0.463 e. The maximum Gasteiger partial charge on any atom is 0.338 e. The Hall–Kier alpha value is -2.26. The molecule has 0 amide bonds. The molecule has 1 aromatic rings. The summed E-state index contributed by atoms with van der Waals surface area (Å²) >= 11 is 1.50. The van der Waals surface area contributed by atoms with Crippen molar-refractivity contribution in [1.29, 1.82) is 5.26 Å². The number of carbonyl (C=O) groups is 1. The molecule has 1 aliphatic rings. The number of hydrogen-bond acceptors (Lipinski definition) is 6. The van der Waals surface area contributed by atoms with E-state index in [0.717, 1.165) is 16.9 Å². The molecular weight excluding hydrogens is 312 g/mol. The van der Waals surface area contributed by atoms with Crippen molar-refractivity contribution in [1.82, 2.24) is 0 Å². The Morgan fingerprint density at radius 1 is 1.52 bits per heavy atom. The first kappa shape index (κ1) is 17.1. The molecule has 1 atom stereocenters. The Labute approximate surface area is 140 Å². The minimum Gasteiger partial charge on any atom is -0.463 e. The Morgan fingerprint density at radius 3 is 2.78 bits per heavy atom. The summed E-state index contributed by atoms with van der Waals surface area (Å²) in [6, 6.07) is 4.06. The quantitative estimate of drug-likeness (QED) is 0.834. The van der Waals surface area contributed by atoms with Gasteiger partial charge in [-0.3, -0.25) is 0 Å². The molecule has 2 N–H and O–H groups in total. The van der Waals surface area contributed by atoms with E-state index in [1.807, 2.05) is 25.3 Å². The SMILES string of the molecule is CCCC1=C(C(=O)OCC)C(c2sccc2C)C(C#N)=C(N)O1. The molecule has 1 unspecified atom stereocenters. The van der Waals surface area contributed by atoms with Crippen LogP contribution in [-0.4, -0.2) is 12.6 Å². The van der Waals surface area contributed by atoms with Gasteiger partial charge in [-0.2, -0.15) is 5.26 Å². The number of rotatable bonds is 5. The number of esters is 1. The van der Waals surface area contributed by atoms with Gasteiger partial charge in [0.25, 0.3) is 0 Å². The van der Waals surface area contributed by atoms with Gasteiger partial charge in [0.05, 0.1) is 18.1 Å². The molecule has 0 saturated heterocycles. The van der Waals surface area contributed by atoms with Crippen molar-refractivity contribution >= 4 is 17.3 Å². The van der Waals surface area contributed by atoms with E-state index in [2.05, 4.69) is 6.07 Å². The van der Waals surface area contributed by atoms with Crippen molar-refractivity contribution in [2.45, 2.75) is 39.5 Å².